The molecule has 24 bridgehead atoms. The Bertz CT molecular complexity index is 7410. The molecule has 0 N–H and O–H groups in total. The van der Waals surface area contributed by atoms with Crippen LogP contribution < -0.4 is 29.9 Å². The van der Waals surface area contributed by atoms with Crippen molar-refractivity contribution in [2.45, 2.75) is 153 Å². The number of carbonyl (C=O) groups is 6. The van der Waals surface area contributed by atoms with Crippen molar-refractivity contribution < 1.29 is 116 Å². The van der Waals surface area contributed by atoms with Crippen molar-refractivity contribution in [3.05, 3.63) is 256 Å². The molecule has 24 nitrogen and oxygen atoms in total. The van der Waals surface area contributed by atoms with Gasteiger partial charge in [-0.2, -0.15) is 0 Å². The average molecular weight is 1940 g/mol. The van der Waals surface area contributed by atoms with Crippen LogP contribution in [0.25, 0.3) is 158 Å². The van der Waals surface area contributed by atoms with Crippen LogP contribution in [0.5, 0.6) is 0 Å². The van der Waals surface area contributed by atoms with Crippen LogP contribution >= 0.6 is 0 Å². The van der Waals surface area contributed by atoms with Crippen LogP contribution in [0.2, 0.25) is 0 Å². The van der Waals surface area contributed by atoms with Crippen LogP contribution in [0.3, 0.4) is 0 Å². The molecule has 1 aromatic carbocycles. The second-order valence-corrected chi connectivity index (χ2v) is 33.6. The predicted octanol–water partition coefficient (Wildman–Crippen LogP) is 19.9. The van der Waals surface area contributed by atoms with E-state index in [4.69, 9.17) is 88.2 Å². The molecule has 666 valence electrons. The maximum absolute atomic E-state index is 13.0. The summed E-state index contributed by atoms with van der Waals surface area (Å²) in [6.45, 7) is 22.2. The summed E-state index contributed by atoms with van der Waals surface area (Å²) in [5.41, 5.74) is 36.0. The minimum Gasteiger partial charge on any atom is -0.658 e. The molecule has 0 atom stereocenters. The number of aryl methyl sites for hydroxylation is 8. The minimum absolute atomic E-state index is 0. The fraction of sp³-hybridized carbons (Fsp3) is 0.271. The molecule has 27 heteroatoms. The van der Waals surface area contributed by atoms with Gasteiger partial charge in [-0.1, -0.05) is 172 Å². The zero-order valence-corrected chi connectivity index (χ0v) is 87.7. The van der Waals surface area contributed by atoms with E-state index in [9.17, 15) is 28.8 Å². The summed E-state index contributed by atoms with van der Waals surface area (Å²) < 4.78 is 30.9. The van der Waals surface area contributed by atoms with E-state index in [0.717, 1.165) is 139 Å². The van der Waals surface area contributed by atoms with E-state index >= 15 is 0 Å². The van der Waals surface area contributed by atoms with Crippen LogP contribution in [0, 0.1) is 34.6 Å². The van der Waals surface area contributed by atoms with Gasteiger partial charge >= 0.3 is 94.2 Å². The van der Waals surface area contributed by atoms with Gasteiger partial charge in [0, 0.05) is 49.7 Å². The van der Waals surface area contributed by atoms with Crippen molar-refractivity contribution in [2.75, 3.05) is 42.7 Å². The van der Waals surface area contributed by atoms with Crippen molar-refractivity contribution in [1.29, 1.82) is 0 Å². The predicted molar refractivity (Wildman–Crippen MR) is 515 cm³/mol. The van der Waals surface area contributed by atoms with Crippen molar-refractivity contribution >= 4 is 194 Å². The molecule has 0 aliphatic carbocycles. The molecule has 0 unspecified atom stereocenters. The van der Waals surface area contributed by atoms with E-state index in [1.807, 2.05) is 152 Å². The number of carbonyl (C=O) groups excluding carboxylic acids is 6. The topological polar surface area (TPSA) is 320 Å². The normalized spacial score (nSPS) is 13.1. The molecule has 0 spiro atoms. The molecular weight excluding hydrogens is 1840 g/mol. The summed E-state index contributed by atoms with van der Waals surface area (Å²) in [4.78, 5) is 141. The summed E-state index contributed by atoms with van der Waals surface area (Å²) >= 11 is 0. The van der Waals surface area contributed by atoms with Crippen LogP contribution in [-0.2, 0) is 135 Å². The second-order valence-electron chi connectivity index (χ2n) is 33.6. The van der Waals surface area contributed by atoms with Crippen LogP contribution in [0.1, 0.15) is 234 Å². The van der Waals surface area contributed by atoms with Crippen LogP contribution in [0.4, 0.5) is 0 Å². The number of esters is 6. The van der Waals surface area contributed by atoms with Gasteiger partial charge in [0.1, 0.15) is 0 Å². The molecule has 15 heterocycles. The summed E-state index contributed by atoms with van der Waals surface area (Å²) in [6, 6.07) is 36.1. The molecule has 0 radical (unpaired) electrons. The van der Waals surface area contributed by atoms with E-state index in [1.54, 1.807) is 0 Å². The third kappa shape index (κ3) is 21.0. The summed E-state index contributed by atoms with van der Waals surface area (Å²) in [5, 5.41) is 0. The largest absolute Gasteiger partial charge is 2.00 e. The maximum Gasteiger partial charge on any atom is 2.00 e. The van der Waals surface area contributed by atoms with E-state index in [1.165, 1.54) is 42.7 Å². The van der Waals surface area contributed by atoms with Crippen molar-refractivity contribution in [1.82, 2.24) is 59.8 Å². The smallest absolute Gasteiger partial charge is 0.658 e. The number of nitrogens with zero attached hydrogens (tertiary/aromatic N) is 12. The average Bonchev–Trinajstić information content (AvgIpc) is 1.63. The molecule has 6 aliphatic rings. The fourth-order valence-electron chi connectivity index (χ4n) is 17.6. The van der Waals surface area contributed by atoms with Gasteiger partial charge in [-0.05, 0) is 211 Å². The Morgan fingerprint density at radius 1 is 0.276 bits per heavy atom. The van der Waals surface area contributed by atoms with Crippen LogP contribution in [0.15, 0.2) is 121 Å². The van der Waals surface area contributed by atoms with Crippen molar-refractivity contribution in [3.63, 3.8) is 0 Å². The number of rotatable bonds is 24. The molecule has 0 fully saturated rings. The molecule has 9 aromatic heterocycles. The van der Waals surface area contributed by atoms with E-state index < -0.39 is 0 Å². The second kappa shape index (κ2) is 42.0. The molecule has 0 amide bonds. The number of hydrogen-bond donors (Lipinski definition) is 0. The number of benzene rings is 1. The third-order valence-corrected chi connectivity index (χ3v) is 25.5. The van der Waals surface area contributed by atoms with Crippen LogP contribution in [-0.4, -0.2) is 108 Å². The van der Waals surface area contributed by atoms with Crippen molar-refractivity contribution in [2.24, 2.45) is 0 Å². The SMILES string of the molecule is COC(=O)CCC1=C(C)c2cc3[n-]c(cc4nc(cc5[n-]c(cc1n2)c(CCC(=O)OC)c5C)C(C)=C4)c(C)c3/C=C/c1cc(/C=C/C2=C(C)c3cc4ccc(cc5nc(cc6[n-]c(cc2n3)c(C)c6CCC(=O)OC)C(CCC(=O)OC)=C5C)[n-]4)cc(/C=C/C2=C(C)c3cc4cc(C)c(cc5nc(cc6[n-]c(cc2n3)c(C)c6CCC(=O)OC)C(CCC(=O)OC)=C5C)[n-]4)c1.[Zn+2].[Zn+2].[Zn+2]. The van der Waals surface area contributed by atoms with E-state index in [-0.39, 0.29) is 133 Å². The number of hydrogen-bond acceptors (Lipinski definition) is 18. The summed E-state index contributed by atoms with van der Waals surface area (Å²) in [5.74, 6) is -2.14. The quantitative estimate of drug-likeness (QED) is 0.0308. The Labute approximate surface area is 815 Å². The zero-order chi connectivity index (χ0) is 92.5. The zero-order valence-electron chi connectivity index (χ0n) is 78.8. The number of allylic oxidation sites excluding steroid dienone is 13. The van der Waals surface area contributed by atoms with Crippen molar-refractivity contribution in [3.8, 4) is 0 Å². The molecule has 0 saturated heterocycles. The van der Waals surface area contributed by atoms with E-state index in [0.29, 0.717) is 162 Å². The first-order valence-electron chi connectivity index (χ1n) is 43.7. The Kier molecular flexibility index (Phi) is 30.9. The number of fused-ring (bicyclic) bond motifs is 24. The van der Waals surface area contributed by atoms with Gasteiger partial charge in [0.2, 0.25) is 0 Å². The first-order chi connectivity index (χ1) is 63.0. The Morgan fingerprint density at radius 3 is 0.985 bits per heavy atom. The Balaban J connectivity index is 0.00000508. The fourth-order valence-corrected chi connectivity index (χ4v) is 17.6. The van der Waals surface area contributed by atoms with Gasteiger partial charge in [-0.25, -0.2) is 29.9 Å². The Morgan fingerprint density at radius 2 is 0.590 bits per heavy atom. The molecule has 16 rings (SSSR count). The van der Waals surface area contributed by atoms with E-state index in [2.05, 4.69) is 75.4 Å². The van der Waals surface area contributed by atoms with Gasteiger partial charge in [0.25, 0.3) is 0 Å². The van der Waals surface area contributed by atoms with Gasteiger partial charge in [0.05, 0.1) is 111 Å². The summed E-state index contributed by atoms with van der Waals surface area (Å²) in [6.07, 6.45) is 17.4. The monoisotopic (exact) mass is 1940 g/mol. The van der Waals surface area contributed by atoms with Gasteiger partial charge < -0.3 is 58.3 Å². The van der Waals surface area contributed by atoms with Gasteiger partial charge in [-0.15, -0.1) is 66.2 Å². The maximum atomic E-state index is 13.0. The first-order valence-corrected chi connectivity index (χ1v) is 43.7. The molecular formula is C107H100N12O12Zn3. The van der Waals surface area contributed by atoms with Gasteiger partial charge in [-0.3, -0.25) is 28.8 Å². The minimum atomic E-state index is -0.366. The number of ether oxygens (including phenoxy) is 6. The Hall–Kier alpha value is -13.1. The first kappa shape index (κ1) is 98.4. The molecule has 0 saturated carbocycles. The third-order valence-electron chi connectivity index (χ3n) is 25.5. The molecule has 134 heavy (non-hydrogen) atoms. The standard InChI is InChI=1S/C107H100N12O12.3Zn/c1-55-38-71-45-86-58(4)74(94(113-86)50-91-64(10)80(30-36-106(124)130-16)100(118-91)53-97-77(27-33-103(121)127-13)61(7)88(115-97)47-82(55)109-71)24-19-67-40-66(18-23-73-57(3)84-43-69-21-22-70(108-69)44-85-60(6)76(26-32-102(120)126-12)96(112-85)52-99-79(29-35-105(123)129-15)63(9)90(117-99)49-93(73)111-84)41-68(42-67)20-25-75-59(5)87-46-72-39-56(2)83(110-72)48-89-62(8)78(28-34-104(122)128-14)98(116-89)54-101-81(31-37-107(125)131-17)65(11)92(119-101)51-95(75)114-87;;;/h18-25,38-54H,26-37H2,1-17H3;;;/q-6;3*+2/b23-18+,24-19+,25-20+,69-43?,70-44?,71-45?,72-46?,82-47?,83-48?,84-43?,85-44?,86-45?,87-46?,88-47?,89-48?,90-49?,91-50?,92-51?,93-49?,94-50?,95-51?,96-52?,97-53?,98-54?,99-52?,100-53?,101-54?;;;. The number of aromatic nitrogens is 12. The molecule has 10 aromatic rings. The number of methoxy groups -OCH3 is 6. The van der Waals surface area contributed by atoms with Gasteiger partial charge in [0.15, 0.2) is 0 Å². The molecule has 6 aliphatic heterocycles. The summed E-state index contributed by atoms with van der Waals surface area (Å²) in [7, 11) is 8.28.